The van der Waals surface area contributed by atoms with Crippen LogP contribution in [0.15, 0.2) is 35.3 Å². The highest BCUT2D eigenvalue weighted by molar-refractivity contribution is 14.0. The summed E-state index contributed by atoms with van der Waals surface area (Å²) in [6.07, 6.45) is 1.09. The van der Waals surface area contributed by atoms with Gasteiger partial charge >= 0.3 is 0 Å². The van der Waals surface area contributed by atoms with Crippen molar-refractivity contribution in [2.75, 3.05) is 7.05 Å². The number of guanidine groups is 1. The van der Waals surface area contributed by atoms with E-state index in [-0.39, 0.29) is 24.0 Å². The molecule has 2 N–H and O–H groups in total. The first-order valence-electron chi connectivity index (χ1n) is 5.77. The fourth-order valence-electron chi connectivity index (χ4n) is 1.31. The number of rotatable bonds is 4. The first-order chi connectivity index (χ1) is 7.76. The molecule has 0 aromatic heterocycles. The van der Waals surface area contributed by atoms with E-state index >= 15 is 0 Å². The number of aliphatic imine (C=N–C) groups is 1. The number of hydrogen-bond donors (Lipinski definition) is 2. The van der Waals surface area contributed by atoms with Crippen LogP contribution in [0.25, 0.3) is 0 Å². The molecule has 1 unspecified atom stereocenters. The summed E-state index contributed by atoms with van der Waals surface area (Å²) in [5, 5.41) is 6.62. The average molecular weight is 347 g/mol. The molecular formula is C13H22IN3. The SMILES string of the molecule is CCC(C)NC(=NC)NCc1ccccc1.I. The molecule has 1 aromatic carbocycles. The first-order valence-corrected chi connectivity index (χ1v) is 5.77. The Morgan fingerprint density at radius 1 is 1.29 bits per heavy atom. The van der Waals surface area contributed by atoms with Crippen LogP contribution in [0.5, 0.6) is 0 Å². The van der Waals surface area contributed by atoms with Gasteiger partial charge in [-0.05, 0) is 18.9 Å². The minimum atomic E-state index is 0. The smallest absolute Gasteiger partial charge is 0.191 e. The molecule has 0 aliphatic carbocycles. The van der Waals surface area contributed by atoms with E-state index in [0.717, 1.165) is 18.9 Å². The van der Waals surface area contributed by atoms with Crippen molar-refractivity contribution < 1.29 is 0 Å². The molecule has 3 nitrogen and oxygen atoms in total. The third kappa shape index (κ3) is 6.51. The monoisotopic (exact) mass is 347 g/mol. The Labute approximate surface area is 121 Å². The fourth-order valence-corrected chi connectivity index (χ4v) is 1.31. The molecular weight excluding hydrogens is 325 g/mol. The summed E-state index contributed by atoms with van der Waals surface area (Å²) in [6.45, 7) is 5.11. The highest BCUT2D eigenvalue weighted by Crippen LogP contribution is 1.97. The van der Waals surface area contributed by atoms with Crippen LogP contribution >= 0.6 is 24.0 Å². The Balaban J connectivity index is 0.00000256. The normalized spacial score (nSPS) is 12.5. The van der Waals surface area contributed by atoms with Crippen molar-refractivity contribution in [2.24, 2.45) is 4.99 Å². The summed E-state index contributed by atoms with van der Waals surface area (Å²) >= 11 is 0. The van der Waals surface area contributed by atoms with Crippen LogP contribution < -0.4 is 10.6 Å². The minimum Gasteiger partial charge on any atom is -0.354 e. The summed E-state index contributed by atoms with van der Waals surface area (Å²) in [7, 11) is 1.79. The van der Waals surface area contributed by atoms with E-state index in [0.29, 0.717) is 6.04 Å². The summed E-state index contributed by atoms with van der Waals surface area (Å²) in [5.74, 6) is 0.859. The third-order valence-corrected chi connectivity index (χ3v) is 2.52. The molecule has 0 fully saturated rings. The van der Waals surface area contributed by atoms with Gasteiger partial charge in [-0.25, -0.2) is 0 Å². The lowest BCUT2D eigenvalue weighted by molar-refractivity contribution is 0.624. The number of hydrogen-bond acceptors (Lipinski definition) is 1. The molecule has 4 heteroatoms. The molecule has 1 aromatic rings. The second-order valence-electron chi connectivity index (χ2n) is 3.86. The predicted octanol–water partition coefficient (Wildman–Crippen LogP) is 2.77. The number of nitrogens with zero attached hydrogens (tertiary/aromatic N) is 1. The molecule has 0 aliphatic rings. The van der Waals surface area contributed by atoms with Gasteiger partial charge in [0.2, 0.25) is 0 Å². The van der Waals surface area contributed by atoms with Gasteiger partial charge in [0.15, 0.2) is 5.96 Å². The molecule has 17 heavy (non-hydrogen) atoms. The van der Waals surface area contributed by atoms with Gasteiger partial charge in [-0.1, -0.05) is 37.3 Å². The molecule has 0 spiro atoms. The van der Waals surface area contributed by atoms with E-state index in [4.69, 9.17) is 0 Å². The van der Waals surface area contributed by atoms with Crippen LogP contribution in [0.3, 0.4) is 0 Å². The Bertz CT molecular complexity index is 325. The molecule has 0 bridgehead atoms. The number of benzene rings is 1. The van der Waals surface area contributed by atoms with Crippen molar-refractivity contribution in [3.63, 3.8) is 0 Å². The summed E-state index contributed by atoms with van der Waals surface area (Å²) in [6, 6.07) is 10.8. The van der Waals surface area contributed by atoms with Gasteiger partial charge in [-0.15, -0.1) is 24.0 Å². The summed E-state index contributed by atoms with van der Waals surface area (Å²) < 4.78 is 0. The van der Waals surface area contributed by atoms with Crippen LogP contribution in [-0.2, 0) is 6.54 Å². The van der Waals surface area contributed by atoms with Gasteiger partial charge in [0.05, 0.1) is 0 Å². The molecule has 0 saturated heterocycles. The zero-order valence-corrected chi connectivity index (χ0v) is 13.1. The Hall–Kier alpha value is -0.780. The van der Waals surface area contributed by atoms with E-state index in [1.165, 1.54) is 5.56 Å². The van der Waals surface area contributed by atoms with Gasteiger partial charge < -0.3 is 10.6 Å². The second-order valence-corrected chi connectivity index (χ2v) is 3.86. The summed E-state index contributed by atoms with van der Waals surface area (Å²) in [4.78, 5) is 4.19. The van der Waals surface area contributed by atoms with E-state index in [1.807, 2.05) is 18.2 Å². The minimum absolute atomic E-state index is 0. The topological polar surface area (TPSA) is 36.4 Å². The zero-order chi connectivity index (χ0) is 11.8. The maximum absolute atomic E-state index is 4.19. The lowest BCUT2D eigenvalue weighted by Gasteiger charge is -2.16. The molecule has 96 valence electrons. The Kier molecular flexibility index (Phi) is 8.85. The van der Waals surface area contributed by atoms with E-state index in [2.05, 4.69) is 41.6 Å². The molecule has 1 rings (SSSR count). The number of nitrogens with one attached hydrogen (secondary N) is 2. The van der Waals surface area contributed by atoms with E-state index < -0.39 is 0 Å². The highest BCUT2D eigenvalue weighted by atomic mass is 127. The van der Waals surface area contributed by atoms with E-state index in [9.17, 15) is 0 Å². The quantitative estimate of drug-likeness (QED) is 0.499. The second kappa shape index (κ2) is 9.27. The Morgan fingerprint density at radius 2 is 1.94 bits per heavy atom. The maximum Gasteiger partial charge on any atom is 0.191 e. The van der Waals surface area contributed by atoms with Crippen molar-refractivity contribution in [1.82, 2.24) is 10.6 Å². The van der Waals surface area contributed by atoms with Crippen LogP contribution in [-0.4, -0.2) is 19.0 Å². The van der Waals surface area contributed by atoms with Crippen molar-refractivity contribution in [2.45, 2.75) is 32.9 Å². The van der Waals surface area contributed by atoms with Gasteiger partial charge in [-0.3, -0.25) is 4.99 Å². The van der Waals surface area contributed by atoms with Crippen molar-refractivity contribution >= 4 is 29.9 Å². The van der Waals surface area contributed by atoms with Gasteiger partial charge in [0.1, 0.15) is 0 Å². The third-order valence-electron chi connectivity index (χ3n) is 2.52. The van der Waals surface area contributed by atoms with Crippen LogP contribution in [0.4, 0.5) is 0 Å². The number of halogens is 1. The zero-order valence-electron chi connectivity index (χ0n) is 10.7. The fraction of sp³-hybridized carbons (Fsp3) is 0.462. The van der Waals surface area contributed by atoms with Crippen molar-refractivity contribution in [1.29, 1.82) is 0 Å². The molecule has 0 heterocycles. The maximum atomic E-state index is 4.19. The van der Waals surface area contributed by atoms with Crippen molar-refractivity contribution in [3.8, 4) is 0 Å². The molecule has 0 aliphatic heterocycles. The summed E-state index contributed by atoms with van der Waals surface area (Å²) in [5.41, 5.74) is 1.26. The van der Waals surface area contributed by atoms with Crippen LogP contribution in [0.1, 0.15) is 25.8 Å². The molecule has 0 amide bonds. The highest BCUT2D eigenvalue weighted by Gasteiger charge is 2.01. The van der Waals surface area contributed by atoms with Crippen LogP contribution in [0.2, 0.25) is 0 Å². The van der Waals surface area contributed by atoms with Crippen LogP contribution in [0, 0.1) is 0 Å². The standard InChI is InChI=1S/C13H21N3.HI/c1-4-11(2)16-13(14-3)15-10-12-8-6-5-7-9-12;/h5-9,11H,4,10H2,1-3H3,(H2,14,15,16);1H. The van der Waals surface area contributed by atoms with E-state index in [1.54, 1.807) is 7.05 Å². The van der Waals surface area contributed by atoms with Crippen molar-refractivity contribution in [3.05, 3.63) is 35.9 Å². The Morgan fingerprint density at radius 3 is 2.47 bits per heavy atom. The predicted molar refractivity (Wildman–Crippen MR) is 84.9 cm³/mol. The first kappa shape index (κ1) is 16.2. The molecule has 0 radical (unpaired) electrons. The lowest BCUT2D eigenvalue weighted by Crippen LogP contribution is -2.41. The molecule has 0 saturated carbocycles. The lowest BCUT2D eigenvalue weighted by atomic mass is 10.2. The molecule has 1 atom stereocenters. The largest absolute Gasteiger partial charge is 0.354 e. The van der Waals surface area contributed by atoms with Gasteiger partial charge in [0, 0.05) is 19.6 Å². The average Bonchev–Trinajstić information content (AvgIpc) is 2.35. The van der Waals surface area contributed by atoms with Gasteiger partial charge in [0.25, 0.3) is 0 Å². The van der Waals surface area contributed by atoms with Gasteiger partial charge in [-0.2, -0.15) is 0 Å².